The molecule has 70 valence electrons. The van der Waals surface area contributed by atoms with E-state index in [0.717, 1.165) is 5.01 Å². The number of rotatable bonds is 2. The van der Waals surface area contributed by atoms with Gasteiger partial charge in [-0.2, -0.15) is 0 Å². The Hall–Kier alpha value is -0.680. The van der Waals surface area contributed by atoms with Crippen molar-refractivity contribution in [2.45, 2.75) is 26.4 Å². The molecular formula is C7H14N2O2S. The lowest BCUT2D eigenvalue weighted by molar-refractivity contribution is 0.0280. The van der Waals surface area contributed by atoms with Gasteiger partial charge in [-0.1, -0.05) is 12.2 Å². The van der Waals surface area contributed by atoms with Crippen LogP contribution in [0.1, 0.15) is 20.8 Å². The fourth-order valence-corrected chi connectivity index (χ4v) is 0.636. The number of hydrogen-bond acceptors (Lipinski definition) is 4. The largest absolute Gasteiger partial charge is 0.443 e. The zero-order valence-corrected chi connectivity index (χ0v) is 8.35. The van der Waals surface area contributed by atoms with E-state index in [9.17, 15) is 4.79 Å². The molecule has 0 aliphatic carbocycles. The highest BCUT2D eigenvalue weighted by molar-refractivity contribution is 7.79. The number of ether oxygens (including phenoxy) is 1. The van der Waals surface area contributed by atoms with Crippen LogP contribution in [-0.4, -0.2) is 28.6 Å². The first-order valence-corrected chi connectivity index (χ1v) is 4.03. The lowest BCUT2D eigenvalue weighted by atomic mass is 10.2. The monoisotopic (exact) mass is 190 g/mol. The summed E-state index contributed by atoms with van der Waals surface area (Å²) in [5, 5.41) is 2.29. The Morgan fingerprint density at radius 2 is 2.17 bits per heavy atom. The van der Waals surface area contributed by atoms with Crippen LogP contribution in [0.5, 0.6) is 0 Å². The summed E-state index contributed by atoms with van der Waals surface area (Å²) < 4.78 is 4.95. The molecular weight excluding hydrogens is 176 g/mol. The summed E-state index contributed by atoms with van der Waals surface area (Å²) in [6, 6.07) is 0. The molecule has 0 aromatic rings. The number of amides is 1. The van der Waals surface area contributed by atoms with Crippen molar-refractivity contribution < 1.29 is 9.53 Å². The molecule has 4 nitrogen and oxygen atoms in total. The molecule has 0 unspecified atom stereocenters. The molecule has 0 heterocycles. The number of hydrazine groups is 1. The smallest absolute Gasteiger partial charge is 0.424 e. The third-order valence-electron chi connectivity index (χ3n) is 0.899. The lowest BCUT2D eigenvalue weighted by Crippen LogP contribution is -2.42. The first-order chi connectivity index (χ1) is 5.37. The number of thiocarbonyl (C=S) groups is 1. The van der Waals surface area contributed by atoms with Crippen LogP contribution in [0.15, 0.2) is 0 Å². The predicted octanol–water partition coefficient (Wildman–Crippen LogP) is 1.10. The highest BCUT2D eigenvalue weighted by atomic mass is 32.1. The van der Waals surface area contributed by atoms with E-state index < -0.39 is 11.7 Å². The first-order valence-electron chi connectivity index (χ1n) is 3.55. The Morgan fingerprint density at radius 1 is 1.67 bits per heavy atom. The second-order valence-electron chi connectivity index (χ2n) is 3.30. The van der Waals surface area contributed by atoms with Crippen LogP contribution in [0.4, 0.5) is 4.79 Å². The molecule has 0 rings (SSSR count). The summed E-state index contributed by atoms with van der Waals surface area (Å²) in [4.78, 5) is 11.1. The van der Waals surface area contributed by atoms with Gasteiger partial charge in [0.15, 0.2) is 0 Å². The second-order valence-corrected chi connectivity index (χ2v) is 3.63. The van der Waals surface area contributed by atoms with Crippen molar-refractivity contribution in [2.75, 3.05) is 6.54 Å². The van der Waals surface area contributed by atoms with Crippen LogP contribution < -0.4 is 5.84 Å². The molecule has 12 heavy (non-hydrogen) atoms. The van der Waals surface area contributed by atoms with Crippen LogP contribution in [0, 0.1) is 0 Å². The molecule has 1 amide bonds. The van der Waals surface area contributed by atoms with E-state index in [-0.39, 0.29) is 6.54 Å². The summed E-state index contributed by atoms with van der Waals surface area (Å²) in [5.41, 5.74) is -0.518. The minimum absolute atomic E-state index is 0.213. The summed E-state index contributed by atoms with van der Waals surface area (Å²) in [5.74, 6) is 5.30. The van der Waals surface area contributed by atoms with Gasteiger partial charge < -0.3 is 4.74 Å². The Morgan fingerprint density at radius 3 is 2.50 bits per heavy atom. The molecule has 0 aliphatic heterocycles. The van der Waals surface area contributed by atoms with Crippen molar-refractivity contribution in [1.29, 1.82) is 0 Å². The van der Waals surface area contributed by atoms with Gasteiger partial charge in [0, 0.05) is 5.37 Å². The molecule has 0 aromatic heterocycles. The molecule has 0 radical (unpaired) electrons. The molecule has 0 aliphatic rings. The standard InChI is InChI=1S/C7H14N2O2S/c1-7(2,3)11-6(10)9(8)4-5-12/h5H,4,8H2,1-3H3. The summed E-state index contributed by atoms with van der Waals surface area (Å²) >= 11 is 4.53. The number of carbonyl (C=O) groups is 1. The zero-order valence-electron chi connectivity index (χ0n) is 7.53. The average molecular weight is 190 g/mol. The fraction of sp³-hybridized carbons (Fsp3) is 0.714. The van der Waals surface area contributed by atoms with E-state index >= 15 is 0 Å². The third kappa shape index (κ3) is 5.03. The number of hydrogen-bond donors (Lipinski definition) is 1. The average Bonchev–Trinajstić information content (AvgIpc) is 1.84. The van der Waals surface area contributed by atoms with Gasteiger partial charge >= 0.3 is 6.09 Å². The maximum absolute atomic E-state index is 11.1. The van der Waals surface area contributed by atoms with Crippen LogP contribution in [0.2, 0.25) is 0 Å². The molecule has 0 bridgehead atoms. The highest BCUT2D eigenvalue weighted by Crippen LogP contribution is 2.07. The Bertz CT molecular complexity index is 177. The Labute approximate surface area is 77.6 Å². The third-order valence-corrected chi connectivity index (χ3v) is 1.05. The van der Waals surface area contributed by atoms with Gasteiger partial charge in [-0.3, -0.25) is 0 Å². The minimum atomic E-state index is -0.566. The maximum atomic E-state index is 11.1. The van der Waals surface area contributed by atoms with E-state index in [1.165, 1.54) is 5.37 Å². The van der Waals surface area contributed by atoms with Gasteiger partial charge in [-0.25, -0.2) is 15.6 Å². The number of nitrogens with zero attached hydrogens (tertiary/aromatic N) is 1. The number of carbonyl (C=O) groups excluding carboxylic acids is 1. The lowest BCUT2D eigenvalue weighted by Gasteiger charge is -2.23. The Balaban J connectivity index is 3.95. The van der Waals surface area contributed by atoms with Crippen molar-refractivity contribution in [1.82, 2.24) is 5.01 Å². The van der Waals surface area contributed by atoms with Crippen molar-refractivity contribution in [2.24, 2.45) is 5.84 Å². The van der Waals surface area contributed by atoms with Gasteiger partial charge in [0.1, 0.15) is 5.60 Å². The molecule has 0 atom stereocenters. The normalized spacial score (nSPS) is 10.7. The summed E-state index contributed by atoms with van der Waals surface area (Å²) in [6.45, 7) is 5.53. The van der Waals surface area contributed by atoms with Crippen molar-refractivity contribution in [3.8, 4) is 0 Å². The molecule has 2 N–H and O–H groups in total. The van der Waals surface area contributed by atoms with E-state index in [1.54, 1.807) is 20.8 Å². The summed E-state index contributed by atoms with van der Waals surface area (Å²) in [6.07, 6.45) is -0.566. The molecule has 0 aromatic carbocycles. The zero-order chi connectivity index (χ0) is 9.78. The molecule has 0 saturated heterocycles. The van der Waals surface area contributed by atoms with Gasteiger partial charge in [-0.05, 0) is 20.8 Å². The van der Waals surface area contributed by atoms with Crippen molar-refractivity contribution in [3.05, 3.63) is 0 Å². The SMILES string of the molecule is CC(C)(C)OC(=O)N(N)CC=S. The quantitative estimate of drug-likeness (QED) is 0.306. The highest BCUT2D eigenvalue weighted by Gasteiger charge is 2.18. The predicted molar refractivity (Wildman–Crippen MR) is 50.8 cm³/mol. The van der Waals surface area contributed by atoms with Gasteiger partial charge in [-0.15, -0.1) is 0 Å². The number of nitrogens with two attached hydrogens (primary N) is 1. The van der Waals surface area contributed by atoms with E-state index in [4.69, 9.17) is 10.6 Å². The van der Waals surface area contributed by atoms with Crippen molar-refractivity contribution >= 4 is 23.7 Å². The molecule has 0 saturated carbocycles. The van der Waals surface area contributed by atoms with E-state index in [2.05, 4.69) is 12.2 Å². The fourth-order valence-electron chi connectivity index (χ4n) is 0.475. The molecule has 0 fully saturated rings. The van der Waals surface area contributed by atoms with Crippen molar-refractivity contribution in [3.63, 3.8) is 0 Å². The minimum Gasteiger partial charge on any atom is -0.443 e. The summed E-state index contributed by atoms with van der Waals surface area (Å²) in [7, 11) is 0. The van der Waals surface area contributed by atoms with Gasteiger partial charge in [0.05, 0.1) is 6.54 Å². The van der Waals surface area contributed by atoms with Crippen LogP contribution in [0.3, 0.4) is 0 Å². The van der Waals surface area contributed by atoms with Gasteiger partial charge in [0.2, 0.25) is 0 Å². The van der Waals surface area contributed by atoms with E-state index in [1.807, 2.05) is 0 Å². The van der Waals surface area contributed by atoms with Gasteiger partial charge in [0.25, 0.3) is 0 Å². The first kappa shape index (κ1) is 11.3. The Kier molecular flexibility index (Phi) is 4.12. The van der Waals surface area contributed by atoms with E-state index in [0.29, 0.717) is 0 Å². The topological polar surface area (TPSA) is 55.6 Å². The molecule has 0 spiro atoms. The maximum Gasteiger partial charge on any atom is 0.424 e. The molecule has 5 heteroatoms. The second kappa shape index (κ2) is 4.37. The van der Waals surface area contributed by atoms with Crippen LogP contribution >= 0.6 is 12.2 Å². The van der Waals surface area contributed by atoms with Crippen LogP contribution in [0.25, 0.3) is 0 Å². The van der Waals surface area contributed by atoms with Crippen LogP contribution in [-0.2, 0) is 4.74 Å².